The lowest BCUT2D eigenvalue weighted by molar-refractivity contribution is -0.00581. The number of benzene rings is 1. The van der Waals surface area contributed by atoms with E-state index >= 15 is 0 Å². The molecule has 0 radical (unpaired) electrons. The van der Waals surface area contributed by atoms with Crippen LogP contribution in [0.2, 0.25) is 0 Å². The van der Waals surface area contributed by atoms with Crippen molar-refractivity contribution in [1.82, 2.24) is 0 Å². The molecule has 0 aromatic heterocycles. The first-order valence-electron chi connectivity index (χ1n) is 10.0. The van der Waals surface area contributed by atoms with Gasteiger partial charge in [0.15, 0.2) is 0 Å². The van der Waals surface area contributed by atoms with Crippen LogP contribution in [0.25, 0.3) is 0 Å². The highest BCUT2D eigenvalue weighted by Gasteiger charge is 2.52. The van der Waals surface area contributed by atoms with Crippen LogP contribution in [0.15, 0.2) is 18.2 Å². The molecule has 1 aromatic carbocycles. The van der Waals surface area contributed by atoms with E-state index in [2.05, 4.69) is 32.0 Å². The minimum absolute atomic E-state index is 0.327. The Morgan fingerprint density at radius 3 is 2.25 bits per heavy atom. The van der Waals surface area contributed by atoms with Crippen LogP contribution in [0.1, 0.15) is 69.4 Å². The van der Waals surface area contributed by atoms with Gasteiger partial charge in [0, 0.05) is 5.56 Å². The summed E-state index contributed by atoms with van der Waals surface area (Å²) >= 11 is 0. The molecule has 24 heavy (non-hydrogen) atoms. The van der Waals surface area contributed by atoms with Crippen molar-refractivity contribution in [1.29, 1.82) is 0 Å². The minimum atomic E-state index is 0.327. The molecule has 5 aliphatic rings. The Morgan fingerprint density at radius 1 is 1.08 bits per heavy atom. The Hall–Kier alpha value is -1.02. The largest absolute Gasteiger partial charge is 0.490 e. The highest BCUT2D eigenvalue weighted by molar-refractivity contribution is 5.47. The molecule has 1 atom stereocenters. The average Bonchev–Trinajstić information content (AvgIpc) is 3.35. The lowest BCUT2D eigenvalue weighted by Crippen LogP contribution is -2.49. The molecular formula is C22H30O2. The molecule has 5 fully saturated rings. The summed E-state index contributed by atoms with van der Waals surface area (Å²) in [6, 6.07) is 6.85. The van der Waals surface area contributed by atoms with Gasteiger partial charge >= 0.3 is 0 Å². The highest BCUT2D eigenvalue weighted by Crippen LogP contribution is 2.61. The number of epoxide rings is 1. The van der Waals surface area contributed by atoms with E-state index in [9.17, 15) is 0 Å². The van der Waals surface area contributed by atoms with E-state index in [1.165, 1.54) is 44.1 Å². The van der Waals surface area contributed by atoms with Gasteiger partial charge in [-0.1, -0.05) is 26.0 Å². The summed E-state index contributed by atoms with van der Waals surface area (Å²) in [5.74, 6) is 4.60. The van der Waals surface area contributed by atoms with Crippen molar-refractivity contribution in [2.24, 2.45) is 17.8 Å². The van der Waals surface area contributed by atoms with Gasteiger partial charge in [-0.2, -0.15) is 0 Å². The van der Waals surface area contributed by atoms with E-state index in [-0.39, 0.29) is 0 Å². The lowest BCUT2D eigenvalue weighted by atomic mass is 9.47. The zero-order chi connectivity index (χ0) is 16.3. The van der Waals surface area contributed by atoms with Crippen LogP contribution in [0, 0.1) is 17.8 Å². The van der Waals surface area contributed by atoms with Gasteiger partial charge in [-0.15, -0.1) is 0 Å². The quantitative estimate of drug-likeness (QED) is 0.706. The molecule has 1 saturated heterocycles. The zero-order valence-electron chi connectivity index (χ0n) is 15.1. The Morgan fingerprint density at radius 2 is 1.71 bits per heavy atom. The fraction of sp³-hybridized carbons (Fsp3) is 0.727. The predicted molar refractivity (Wildman–Crippen MR) is 95.6 cm³/mol. The van der Waals surface area contributed by atoms with E-state index < -0.39 is 0 Å². The van der Waals surface area contributed by atoms with Crippen LogP contribution in [0.3, 0.4) is 0 Å². The maximum absolute atomic E-state index is 6.20. The summed E-state index contributed by atoms with van der Waals surface area (Å²) in [6.45, 7) is 6.25. The molecule has 1 heterocycles. The van der Waals surface area contributed by atoms with E-state index in [1.54, 1.807) is 5.56 Å². The monoisotopic (exact) mass is 326 g/mol. The molecule has 0 amide bonds. The predicted octanol–water partition coefficient (Wildman–Crippen LogP) is 5.06. The maximum atomic E-state index is 6.20. The van der Waals surface area contributed by atoms with Crippen molar-refractivity contribution in [2.45, 2.75) is 69.8 Å². The molecule has 4 aliphatic carbocycles. The SMILES string of the molecule is CC(C)c1c(OCC2CO2)cccc1C12CC3CC(CC(C3)C1)C2. The first-order valence-corrected chi connectivity index (χ1v) is 10.0. The van der Waals surface area contributed by atoms with E-state index in [0.717, 1.165) is 30.1 Å². The lowest BCUT2D eigenvalue weighted by Gasteiger charge is -2.57. The van der Waals surface area contributed by atoms with E-state index in [1.807, 2.05) is 0 Å². The maximum Gasteiger partial charge on any atom is 0.123 e. The smallest absolute Gasteiger partial charge is 0.123 e. The molecule has 0 spiro atoms. The molecule has 4 bridgehead atoms. The second-order valence-electron chi connectivity index (χ2n) is 9.34. The molecule has 4 saturated carbocycles. The van der Waals surface area contributed by atoms with Gasteiger partial charge in [0.1, 0.15) is 18.5 Å². The third-order valence-electron chi connectivity index (χ3n) is 7.08. The van der Waals surface area contributed by atoms with Crippen molar-refractivity contribution >= 4 is 0 Å². The summed E-state index contributed by atoms with van der Waals surface area (Å²) < 4.78 is 11.5. The normalized spacial score (nSPS) is 39.5. The minimum Gasteiger partial charge on any atom is -0.490 e. The summed E-state index contributed by atoms with van der Waals surface area (Å²) in [5, 5.41) is 0. The van der Waals surface area contributed by atoms with Crippen molar-refractivity contribution in [2.75, 3.05) is 13.2 Å². The van der Waals surface area contributed by atoms with Gasteiger partial charge in [-0.05, 0) is 79.2 Å². The Balaban J connectivity index is 1.53. The van der Waals surface area contributed by atoms with Crippen molar-refractivity contribution in [3.8, 4) is 5.75 Å². The van der Waals surface area contributed by atoms with E-state index in [4.69, 9.17) is 9.47 Å². The molecule has 2 nitrogen and oxygen atoms in total. The van der Waals surface area contributed by atoms with Crippen LogP contribution >= 0.6 is 0 Å². The fourth-order valence-corrected chi connectivity index (χ4v) is 6.52. The van der Waals surface area contributed by atoms with Crippen LogP contribution in [0.5, 0.6) is 5.75 Å². The molecule has 6 rings (SSSR count). The van der Waals surface area contributed by atoms with Gasteiger partial charge in [0.05, 0.1) is 6.61 Å². The van der Waals surface area contributed by atoms with Crippen LogP contribution in [-0.2, 0) is 10.2 Å². The summed E-state index contributed by atoms with van der Waals surface area (Å²) in [7, 11) is 0. The second-order valence-corrected chi connectivity index (χ2v) is 9.34. The highest BCUT2D eigenvalue weighted by atomic mass is 16.6. The summed E-state index contributed by atoms with van der Waals surface area (Å²) in [4.78, 5) is 0. The number of rotatable bonds is 5. The van der Waals surface area contributed by atoms with Gasteiger partial charge < -0.3 is 9.47 Å². The van der Waals surface area contributed by atoms with Gasteiger partial charge in [0.2, 0.25) is 0 Å². The zero-order valence-corrected chi connectivity index (χ0v) is 15.1. The molecular weight excluding hydrogens is 296 g/mol. The first kappa shape index (κ1) is 15.3. The third kappa shape index (κ3) is 2.49. The molecule has 1 aliphatic heterocycles. The van der Waals surface area contributed by atoms with Crippen molar-refractivity contribution < 1.29 is 9.47 Å². The topological polar surface area (TPSA) is 21.8 Å². The summed E-state index contributed by atoms with van der Waals surface area (Å²) in [5.41, 5.74) is 3.56. The van der Waals surface area contributed by atoms with Gasteiger partial charge in [-0.25, -0.2) is 0 Å². The first-order chi connectivity index (χ1) is 11.6. The summed E-state index contributed by atoms with van der Waals surface area (Å²) in [6.07, 6.45) is 9.12. The van der Waals surface area contributed by atoms with Gasteiger partial charge in [-0.3, -0.25) is 0 Å². The standard InChI is InChI=1S/C22H30O2/c1-14(2)21-19(4-3-5-20(21)24-13-18-12-23-18)22-9-15-6-16(10-22)8-17(7-15)11-22/h3-5,14-18H,6-13H2,1-2H3. The third-order valence-corrected chi connectivity index (χ3v) is 7.08. The van der Waals surface area contributed by atoms with Crippen LogP contribution in [0.4, 0.5) is 0 Å². The number of ether oxygens (including phenoxy) is 2. The second kappa shape index (κ2) is 5.49. The Labute approximate surface area is 145 Å². The molecule has 1 aromatic rings. The van der Waals surface area contributed by atoms with Gasteiger partial charge in [0.25, 0.3) is 0 Å². The number of hydrogen-bond donors (Lipinski definition) is 0. The van der Waals surface area contributed by atoms with Crippen LogP contribution < -0.4 is 4.74 Å². The fourth-order valence-electron chi connectivity index (χ4n) is 6.52. The number of hydrogen-bond acceptors (Lipinski definition) is 2. The average molecular weight is 326 g/mol. The Kier molecular flexibility index (Phi) is 3.49. The molecule has 1 unspecified atom stereocenters. The molecule has 130 valence electrons. The van der Waals surface area contributed by atoms with Crippen molar-refractivity contribution in [3.63, 3.8) is 0 Å². The molecule has 2 heteroatoms. The van der Waals surface area contributed by atoms with Crippen LogP contribution in [-0.4, -0.2) is 19.3 Å². The molecule has 0 N–H and O–H groups in total. The van der Waals surface area contributed by atoms with E-state index in [0.29, 0.717) is 24.0 Å². The Bertz CT molecular complexity index is 594. The van der Waals surface area contributed by atoms with Crippen molar-refractivity contribution in [3.05, 3.63) is 29.3 Å².